The molecule has 0 saturated carbocycles. The van der Waals surface area contributed by atoms with Crippen molar-refractivity contribution >= 4 is 50.4 Å². The number of aromatic amines is 1. The van der Waals surface area contributed by atoms with Crippen molar-refractivity contribution in [1.29, 1.82) is 0 Å². The Kier molecular flexibility index (Phi) is 7.68. The summed E-state index contributed by atoms with van der Waals surface area (Å²) in [7, 11) is -9.86. The number of aromatic nitrogens is 8. The van der Waals surface area contributed by atoms with Gasteiger partial charge in [0.2, 0.25) is 5.95 Å². The number of nitrogens with two attached hydrogens (primary N) is 2. The van der Waals surface area contributed by atoms with Crippen molar-refractivity contribution in [2.45, 2.75) is 62.2 Å². The molecule has 4 bridgehead atoms. The van der Waals surface area contributed by atoms with E-state index in [-0.39, 0.29) is 34.1 Å². The lowest BCUT2D eigenvalue weighted by Crippen LogP contribution is -2.41. The van der Waals surface area contributed by atoms with Crippen molar-refractivity contribution in [2.24, 2.45) is 0 Å². The molecule has 9 atom stereocenters. The number of ether oxygens (including phenoxy) is 2. The lowest BCUT2D eigenvalue weighted by Gasteiger charge is -2.25. The molecule has 3 saturated heterocycles. The third kappa shape index (κ3) is 5.38. The van der Waals surface area contributed by atoms with E-state index in [0.29, 0.717) is 0 Å². The van der Waals surface area contributed by atoms with Crippen LogP contribution in [0, 0.1) is 0 Å². The third-order valence-electron chi connectivity index (χ3n) is 7.59. The Morgan fingerprint density at radius 2 is 1.59 bits per heavy atom. The van der Waals surface area contributed by atoms with Gasteiger partial charge in [-0.05, 0) is 6.92 Å². The Balaban J connectivity index is 1.24. The fourth-order valence-corrected chi connectivity index (χ4v) is 7.66. The minimum Gasteiger partial charge on any atom is -0.387 e. The number of alkyl halides is 1. The number of aliphatic hydroxyl groups excluding tert-OH is 1. The normalized spacial score (nSPS) is 34.6. The van der Waals surface area contributed by atoms with Crippen LogP contribution in [-0.4, -0.2) is 113 Å². The molecule has 7 rings (SSSR count). The fraction of sp³-hybridized carbons (Fsp3) is 0.524. The van der Waals surface area contributed by atoms with Crippen LogP contribution in [0.4, 0.5) is 16.2 Å². The van der Waals surface area contributed by atoms with Gasteiger partial charge >= 0.3 is 16.3 Å². The first kappa shape index (κ1) is 31.4. The molecule has 0 spiro atoms. The minimum absolute atomic E-state index is 0.0251. The van der Waals surface area contributed by atoms with E-state index in [9.17, 15) is 29.5 Å². The van der Waals surface area contributed by atoms with Crippen LogP contribution >= 0.6 is 16.3 Å². The van der Waals surface area contributed by atoms with Gasteiger partial charge in [-0.2, -0.15) is 29.1 Å². The zero-order valence-electron chi connectivity index (χ0n) is 23.3. The third-order valence-corrected chi connectivity index (χ3v) is 9.72. The zero-order valence-corrected chi connectivity index (χ0v) is 25.1. The molecule has 0 aromatic carbocycles. The van der Waals surface area contributed by atoms with E-state index >= 15 is 4.39 Å². The number of aliphatic hydroxyl groups is 1. The maximum atomic E-state index is 15.9. The summed E-state index contributed by atoms with van der Waals surface area (Å²) in [6, 6.07) is 0. The first-order chi connectivity index (χ1) is 21.7. The minimum atomic E-state index is -4.97. The molecule has 25 heteroatoms. The topological polar surface area (TPSA) is 316 Å². The summed E-state index contributed by atoms with van der Waals surface area (Å²) in [5.41, 5.74) is 10.8. The number of hydrogen-bond donors (Lipinski definition) is 8. The van der Waals surface area contributed by atoms with Crippen molar-refractivity contribution in [1.82, 2.24) is 39.0 Å². The molecule has 46 heavy (non-hydrogen) atoms. The lowest BCUT2D eigenvalue weighted by atomic mass is 10.1. The molecule has 7 heterocycles. The summed E-state index contributed by atoms with van der Waals surface area (Å²) in [5.74, 6) is -0.274. The molecule has 3 fully saturated rings. The molecule has 0 aliphatic carbocycles. The number of halogens is 1. The highest BCUT2D eigenvalue weighted by molar-refractivity contribution is 7.54. The van der Waals surface area contributed by atoms with E-state index in [1.807, 2.05) is 0 Å². The predicted molar refractivity (Wildman–Crippen MR) is 150 cm³/mol. The second-order valence-corrected chi connectivity index (χ2v) is 13.4. The average Bonchev–Trinajstić information content (AvgIpc) is 3.73. The van der Waals surface area contributed by atoms with Gasteiger partial charge in [0.05, 0.1) is 12.7 Å². The number of imidazole rings is 2. The molecular formula is C21H27FN10O12P2+2. The SMILES string of the molecule is C[C@H]1O[P+](O)(O)O[C@@H]2[C@H](F)[C@@H](CO[P+](O)(O)O[C@@H]3[C@H](O)[C@@H]1O[C@H]3n1cnc3c(N)ncnc31)O[C@H]2n1cnc2c(=O)[nH]c(N)nc21. The number of rotatable bonds is 2. The summed E-state index contributed by atoms with van der Waals surface area (Å²) < 4.78 is 51.5. The van der Waals surface area contributed by atoms with Gasteiger partial charge in [0.15, 0.2) is 53.5 Å². The Morgan fingerprint density at radius 1 is 0.913 bits per heavy atom. The Labute approximate surface area is 256 Å². The quantitative estimate of drug-likeness (QED) is 0.107. The van der Waals surface area contributed by atoms with Crippen molar-refractivity contribution < 1.29 is 56.6 Å². The van der Waals surface area contributed by atoms with E-state index in [4.69, 9.17) is 39.0 Å². The number of H-pyrrole nitrogens is 1. The maximum Gasteiger partial charge on any atom is 0.570 e. The van der Waals surface area contributed by atoms with Crippen LogP contribution in [-0.2, 0) is 27.6 Å². The maximum absolute atomic E-state index is 15.9. The number of fused-ring (bicyclic) bond motifs is 6. The zero-order chi connectivity index (χ0) is 32.7. The summed E-state index contributed by atoms with van der Waals surface area (Å²) in [6.07, 6.45) is -11.5. The van der Waals surface area contributed by atoms with E-state index in [1.165, 1.54) is 17.8 Å². The van der Waals surface area contributed by atoms with Gasteiger partial charge in [-0.1, -0.05) is 0 Å². The summed E-state index contributed by atoms with van der Waals surface area (Å²) in [4.78, 5) is 78.0. The van der Waals surface area contributed by atoms with Crippen molar-refractivity contribution in [3.63, 3.8) is 0 Å². The molecule has 10 N–H and O–H groups in total. The molecule has 0 radical (unpaired) electrons. The van der Waals surface area contributed by atoms with Crippen LogP contribution in [0.1, 0.15) is 19.4 Å². The summed E-state index contributed by atoms with van der Waals surface area (Å²) >= 11 is 0. The van der Waals surface area contributed by atoms with Crippen LogP contribution in [0.15, 0.2) is 23.8 Å². The van der Waals surface area contributed by atoms with Crippen molar-refractivity contribution in [3.8, 4) is 0 Å². The van der Waals surface area contributed by atoms with E-state index in [2.05, 4.69) is 29.9 Å². The van der Waals surface area contributed by atoms with Crippen LogP contribution < -0.4 is 17.0 Å². The lowest BCUT2D eigenvalue weighted by molar-refractivity contribution is -0.0914. The van der Waals surface area contributed by atoms with Gasteiger partial charge in [0, 0.05) is 0 Å². The summed E-state index contributed by atoms with van der Waals surface area (Å²) in [5, 5.41) is 11.2. The second-order valence-electron chi connectivity index (χ2n) is 10.6. The van der Waals surface area contributed by atoms with E-state index in [0.717, 1.165) is 17.2 Å². The first-order valence-corrected chi connectivity index (χ1v) is 16.5. The van der Waals surface area contributed by atoms with E-state index in [1.54, 1.807) is 0 Å². The molecule has 4 aromatic heterocycles. The molecule has 0 unspecified atom stereocenters. The van der Waals surface area contributed by atoms with Crippen LogP contribution in [0.3, 0.4) is 0 Å². The Morgan fingerprint density at radius 3 is 2.35 bits per heavy atom. The van der Waals surface area contributed by atoms with Crippen LogP contribution in [0.2, 0.25) is 0 Å². The van der Waals surface area contributed by atoms with Gasteiger partial charge in [0.25, 0.3) is 5.56 Å². The van der Waals surface area contributed by atoms with Gasteiger partial charge in [-0.3, -0.25) is 18.9 Å². The molecule has 3 aliphatic heterocycles. The number of nitrogens with zero attached hydrogens (tertiary/aromatic N) is 7. The summed E-state index contributed by atoms with van der Waals surface area (Å²) in [6.45, 7) is 0.406. The number of nitrogens with one attached hydrogen (secondary N) is 1. The van der Waals surface area contributed by atoms with Gasteiger partial charge < -0.3 is 26.0 Å². The molecule has 248 valence electrons. The monoisotopic (exact) mass is 692 g/mol. The fourth-order valence-electron chi connectivity index (χ4n) is 5.57. The first-order valence-electron chi connectivity index (χ1n) is 13.4. The standard InChI is InChI=1S/C21H26FN10O12P2/c1-6-12-11(33)14(20(41-12)31-4-27-9-15(23)25-3-26-16(9)31)44-45(35,36)39-2-7-8(22)13(43-46(37,38)42-6)19(40-7)32-5-28-10-17(32)29-21(24)30-18(10)34/h3-8,11-14,19-20,33,35-38H,2H2,1H3,(H4-,23,24,25,26,29,30,34)/q+1/p+1/t6-,7-,8-,11-,12-,13-,14-,19-,20-/m1/s1. The largest absolute Gasteiger partial charge is 0.570 e. The molecule has 0 amide bonds. The second kappa shape index (κ2) is 11.2. The highest BCUT2D eigenvalue weighted by Gasteiger charge is 2.62. The van der Waals surface area contributed by atoms with Crippen molar-refractivity contribution in [2.75, 3.05) is 18.1 Å². The van der Waals surface area contributed by atoms with Gasteiger partial charge in [-0.15, -0.1) is 13.6 Å². The molecular weight excluding hydrogens is 665 g/mol. The highest BCUT2D eigenvalue weighted by atomic mass is 31.2. The van der Waals surface area contributed by atoms with Crippen LogP contribution in [0.25, 0.3) is 22.3 Å². The Bertz CT molecular complexity index is 1840. The smallest absolute Gasteiger partial charge is 0.387 e. The number of anilines is 2. The molecule has 3 aliphatic rings. The number of nitrogen functional groups attached to an aromatic ring is 2. The highest BCUT2D eigenvalue weighted by Crippen LogP contribution is 2.61. The Hall–Kier alpha value is -3.15. The molecule has 4 aromatic rings. The molecule has 22 nitrogen and oxygen atoms in total. The van der Waals surface area contributed by atoms with Crippen molar-refractivity contribution in [3.05, 3.63) is 29.3 Å². The average molecular weight is 692 g/mol. The van der Waals surface area contributed by atoms with Crippen LogP contribution in [0.5, 0.6) is 0 Å². The van der Waals surface area contributed by atoms with Gasteiger partial charge in [0.1, 0.15) is 42.9 Å². The predicted octanol–water partition coefficient (Wildman–Crippen LogP) is -1.85. The van der Waals surface area contributed by atoms with Gasteiger partial charge in [-0.25, -0.2) is 24.3 Å². The van der Waals surface area contributed by atoms with E-state index < -0.39 is 83.8 Å². The number of hydrogen-bond acceptors (Lipinski definition) is 19.